The number of hydrogen-bond acceptors (Lipinski definition) is 5. The van der Waals surface area contributed by atoms with Crippen LogP contribution in [0.4, 0.5) is 0 Å². The normalized spacial score (nSPS) is 21.9. The molecule has 7 nitrogen and oxygen atoms in total. The minimum Gasteiger partial charge on any atom is -0.326 e. The van der Waals surface area contributed by atoms with Crippen molar-refractivity contribution < 1.29 is 14.4 Å². The number of benzene rings is 2. The third kappa shape index (κ3) is 4.18. The average molecular weight is 447 g/mol. The van der Waals surface area contributed by atoms with Crippen LogP contribution in [-0.2, 0) is 29.2 Å². The molecule has 2 fully saturated rings. The van der Waals surface area contributed by atoms with Crippen molar-refractivity contribution in [3.63, 3.8) is 0 Å². The molecule has 0 spiro atoms. The van der Waals surface area contributed by atoms with Crippen LogP contribution in [0.25, 0.3) is 0 Å². The first-order valence-corrected chi connectivity index (χ1v) is 11.8. The first-order valence-electron chi connectivity index (χ1n) is 11.8. The zero-order valence-corrected chi connectivity index (χ0v) is 18.8. The monoisotopic (exact) mass is 446 g/mol. The van der Waals surface area contributed by atoms with Gasteiger partial charge in [-0.3, -0.25) is 24.6 Å². The molecule has 1 unspecified atom stereocenters. The summed E-state index contributed by atoms with van der Waals surface area (Å²) in [6.45, 7) is 3.66. The van der Waals surface area contributed by atoms with Gasteiger partial charge in [0.25, 0.3) is 5.91 Å². The third-order valence-electron chi connectivity index (χ3n) is 7.34. The van der Waals surface area contributed by atoms with Crippen LogP contribution in [0.15, 0.2) is 42.5 Å². The highest BCUT2D eigenvalue weighted by molar-refractivity contribution is 6.06. The Balaban J connectivity index is 1.27. The lowest BCUT2D eigenvalue weighted by atomic mass is 9.86. The molecular weight excluding hydrogens is 416 g/mol. The summed E-state index contributed by atoms with van der Waals surface area (Å²) in [5.41, 5.74) is 11.3. The number of nitrogens with one attached hydrogen (secondary N) is 1. The predicted octanol–water partition coefficient (Wildman–Crippen LogP) is 2.29. The molecule has 172 valence electrons. The van der Waals surface area contributed by atoms with Crippen LogP contribution in [-0.4, -0.2) is 46.7 Å². The molecule has 1 atom stereocenters. The topological polar surface area (TPSA) is 95.7 Å². The van der Waals surface area contributed by atoms with Crippen LogP contribution in [0, 0.1) is 0 Å². The summed E-state index contributed by atoms with van der Waals surface area (Å²) >= 11 is 0. The van der Waals surface area contributed by atoms with Crippen molar-refractivity contribution in [2.45, 2.75) is 57.3 Å². The fourth-order valence-electron chi connectivity index (χ4n) is 5.58. The summed E-state index contributed by atoms with van der Waals surface area (Å²) < 4.78 is 0. The van der Waals surface area contributed by atoms with Crippen LogP contribution in [0.1, 0.15) is 64.2 Å². The Kier molecular flexibility index (Phi) is 6.00. The van der Waals surface area contributed by atoms with Crippen molar-refractivity contribution in [3.8, 4) is 0 Å². The van der Waals surface area contributed by atoms with Gasteiger partial charge in [-0.2, -0.15) is 0 Å². The van der Waals surface area contributed by atoms with Gasteiger partial charge in [-0.05, 0) is 60.5 Å². The van der Waals surface area contributed by atoms with Gasteiger partial charge in [0.15, 0.2) is 0 Å². The minimum absolute atomic E-state index is 0.0955. The molecule has 3 aliphatic heterocycles. The fraction of sp³-hybridized carbons (Fsp3) is 0.423. The lowest BCUT2D eigenvalue weighted by Gasteiger charge is -2.33. The van der Waals surface area contributed by atoms with Crippen molar-refractivity contribution in [2.75, 3.05) is 13.1 Å². The summed E-state index contributed by atoms with van der Waals surface area (Å²) in [5.74, 6) is -0.207. The van der Waals surface area contributed by atoms with E-state index in [9.17, 15) is 14.4 Å². The van der Waals surface area contributed by atoms with Crippen LogP contribution in [0.3, 0.4) is 0 Å². The molecule has 0 bridgehead atoms. The number of hydrogen-bond donors (Lipinski definition) is 2. The van der Waals surface area contributed by atoms with Gasteiger partial charge < -0.3 is 10.6 Å². The van der Waals surface area contributed by atoms with E-state index in [1.165, 1.54) is 11.1 Å². The van der Waals surface area contributed by atoms with Gasteiger partial charge in [0, 0.05) is 31.6 Å². The Morgan fingerprint density at radius 1 is 0.939 bits per heavy atom. The van der Waals surface area contributed by atoms with Gasteiger partial charge in [0.2, 0.25) is 11.8 Å². The van der Waals surface area contributed by atoms with Crippen molar-refractivity contribution in [1.82, 2.24) is 15.1 Å². The highest BCUT2D eigenvalue weighted by Crippen LogP contribution is 2.33. The van der Waals surface area contributed by atoms with Crippen LogP contribution in [0.2, 0.25) is 0 Å². The molecule has 2 aromatic carbocycles. The molecular formula is C26H30N4O3. The van der Waals surface area contributed by atoms with Crippen molar-refractivity contribution in [3.05, 3.63) is 70.3 Å². The van der Waals surface area contributed by atoms with E-state index in [-0.39, 0.29) is 24.1 Å². The molecule has 2 saturated heterocycles. The second kappa shape index (κ2) is 9.08. The maximum Gasteiger partial charge on any atom is 0.255 e. The molecule has 3 N–H and O–H groups in total. The first kappa shape index (κ1) is 21.8. The van der Waals surface area contributed by atoms with Gasteiger partial charge in [0.1, 0.15) is 6.04 Å². The molecule has 7 heteroatoms. The SMILES string of the molecule is NCc1ccccc1C1CCN(Cc2cccc3c2C(=O)N(C2CCC(=O)NC2=O)C3)CC1. The first-order chi connectivity index (χ1) is 16.0. The van der Waals surface area contributed by atoms with Crippen molar-refractivity contribution in [2.24, 2.45) is 5.73 Å². The number of nitrogens with zero attached hydrogens (tertiary/aromatic N) is 2. The number of nitrogens with two attached hydrogens (primary N) is 1. The molecule has 3 aliphatic rings. The number of likely N-dealkylation sites (tertiary alicyclic amines) is 1. The summed E-state index contributed by atoms with van der Waals surface area (Å²) in [6, 6.07) is 13.9. The molecule has 2 aromatic rings. The standard InChI is InChI=1S/C26H30N4O3/c27-14-18-4-1-2-7-21(18)17-10-12-29(13-11-17)15-19-5-3-6-20-16-30(26(33)24(19)20)22-8-9-23(31)28-25(22)32/h1-7,17,22H,8-16,27H2,(H,28,31,32). The van der Waals surface area contributed by atoms with Gasteiger partial charge in [-0.25, -0.2) is 0 Å². The molecule has 5 rings (SSSR count). The number of rotatable bonds is 5. The van der Waals surface area contributed by atoms with E-state index in [1.54, 1.807) is 4.90 Å². The van der Waals surface area contributed by atoms with Crippen LogP contribution in [0.5, 0.6) is 0 Å². The molecule has 0 aromatic heterocycles. The number of imide groups is 1. The number of fused-ring (bicyclic) bond motifs is 1. The van der Waals surface area contributed by atoms with E-state index < -0.39 is 6.04 Å². The van der Waals surface area contributed by atoms with Gasteiger partial charge in [-0.15, -0.1) is 0 Å². The third-order valence-corrected chi connectivity index (χ3v) is 7.34. The van der Waals surface area contributed by atoms with Crippen molar-refractivity contribution >= 4 is 17.7 Å². The van der Waals surface area contributed by atoms with Crippen molar-refractivity contribution in [1.29, 1.82) is 0 Å². The average Bonchev–Trinajstić information content (AvgIpc) is 3.16. The maximum absolute atomic E-state index is 13.3. The second-order valence-electron chi connectivity index (χ2n) is 9.30. The molecule has 3 amide bonds. The number of piperidine rings is 2. The summed E-state index contributed by atoms with van der Waals surface area (Å²) in [5, 5.41) is 2.37. The molecule has 0 aliphatic carbocycles. The van der Waals surface area contributed by atoms with E-state index in [0.29, 0.717) is 25.4 Å². The van der Waals surface area contributed by atoms with E-state index in [4.69, 9.17) is 5.73 Å². The van der Waals surface area contributed by atoms with Crippen LogP contribution < -0.4 is 11.1 Å². The zero-order chi connectivity index (χ0) is 22.9. The van der Waals surface area contributed by atoms with Gasteiger partial charge in [0.05, 0.1) is 0 Å². The Morgan fingerprint density at radius 2 is 1.70 bits per heavy atom. The second-order valence-corrected chi connectivity index (χ2v) is 9.30. The van der Waals surface area contributed by atoms with Gasteiger partial charge >= 0.3 is 0 Å². The highest BCUT2D eigenvalue weighted by Gasteiger charge is 2.40. The molecule has 0 radical (unpaired) electrons. The van der Waals surface area contributed by atoms with Gasteiger partial charge in [-0.1, -0.05) is 42.5 Å². The largest absolute Gasteiger partial charge is 0.326 e. The predicted molar refractivity (Wildman–Crippen MR) is 124 cm³/mol. The Hall–Kier alpha value is -3.03. The molecule has 3 heterocycles. The van der Waals surface area contributed by atoms with Crippen LogP contribution >= 0.6 is 0 Å². The Bertz CT molecular complexity index is 1090. The van der Waals surface area contributed by atoms with E-state index >= 15 is 0 Å². The zero-order valence-electron chi connectivity index (χ0n) is 18.8. The lowest BCUT2D eigenvalue weighted by Crippen LogP contribution is -2.52. The van der Waals surface area contributed by atoms with E-state index in [2.05, 4.69) is 28.4 Å². The fourth-order valence-corrected chi connectivity index (χ4v) is 5.58. The summed E-state index contributed by atoms with van der Waals surface area (Å²) in [4.78, 5) is 41.2. The Morgan fingerprint density at radius 3 is 2.45 bits per heavy atom. The summed E-state index contributed by atoms with van der Waals surface area (Å²) in [7, 11) is 0. The quantitative estimate of drug-likeness (QED) is 0.687. The highest BCUT2D eigenvalue weighted by atomic mass is 16.2. The minimum atomic E-state index is -0.575. The molecule has 33 heavy (non-hydrogen) atoms. The maximum atomic E-state index is 13.3. The van der Waals surface area contributed by atoms with E-state index in [1.807, 2.05) is 24.3 Å². The smallest absolute Gasteiger partial charge is 0.255 e. The summed E-state index contributed by atoms with van der Waals surface area (Å²) in [6.07, 6.45) is 2.80. The number of carbonyl (C=O) groups excluding carboxylic acids is 3. The lowest BCUT2D eigenvalue weighted by molar-refractivity contribution is -0.136. The van der Waals surface area contributed by atoms with E-state index in [0.717, 1.165) is 49.2 Å². The number of carbonyl (C=O) groups is 3. The number of amides is 3. The Labute approximate surface area is 193 Å². The molecule has 0 saturated carbocycles.